The smallest absolute Gasteiger partial charge is 0.417 e. The van der Waals surface area contributed by atoms with Crippen molar-refractivity contribution in [3.63, 3.8) is 0 Å². The van der Waals surface area contributed by atoms with Gasteiger partial charge in [-0.05, 0) is 61.6 Å². The minimum Gasteiger partial charge on any atom is -0.489 e. The molecule has 0 N–H and O–H groups in total. The molecule has 1 aliphatic heterocycles. The lowest BCUT2D eigenvalue weighted by molar-refractivity contribution is -0.137. The number of hydrogen-bond donors (Lipinski definition) is 0. The lowest BCUT2D eigenvalue weighted by Gasteiger charge is -2.21. The first-order valence-corrected chi connectivity index (χ1v) is 8.82. The van der Waals surface area contributed by atoms with Gasteiger partial charge in [-0.3, -0.25) is 4.79 Å². The molecule has 0 saturated carbocycles. The average molecular weight is 431 g/mol. The lowest BCUT2D eigenvalue weighted by atomic mass is 10.0. The summed E-state index contributed by atoms with van der Waals surface area (Å²) < 4.78 is 50.8. The average Bonchev–Trinajstić information content (AvgIpc) is 2.94. The van der Waals surface area contributed by atoms with E-state index in [0.29, 0.717) is 17.4 Å². The number of anilines is 1. The van der Waals surface area contributed by atoms with Crippen LogP contribution in [0.5, 0.6) is 5.75 Å². The number of ether oxygens (including phenoxy) is 2. The third-order valence-electron chi connectivity index (χ3n) is 4.34. The molecular formula is C20H12F3N3O3S. The van der Waals surface area contributed by atoms with E-state index in [-0.39, 0.29) is 17.5 Å². The van der Waals surface area contributed by atoms with Gasteiger partial charge in [-0.15, -0.1) is 0 Å². The van der Waals surface area contributed by atoms with Crippen molar-refractivity contribution in [1.29, 1.82) is 10.5 Å². The highest BCUT2D eigenvalue weighted by Crippen LogP contribution is 2.37. The van der Waals surface area contributed by atoms with E-state index in [2.05, 4.69) is 0 Å². The van der Waals surface area contributed by atoms with Crippen molar-refractivity contribution >= 4 is 29.0 Å². The first-order chi connectivity index (χ1) is 14.1. The fraction of sp³-hybridized carbons (Fsp3) is 0.200. The molecule has 0 aliphatic carbocycles. The van der Waals surface area contributed by atoms with E-state index in [0.717, 1.165) is 11.0 Å². The molecule has 3 rings (SSSR count). The van der Waals surface area contributed by atoms with Gasteiger partial charge < -0.3 is 9.47 Å². The summed E-state index contributed by atoms with van der Waals surface area (Å²) in [4.78, 5) is 13.8. The van der Waals surface area contributed by atoms with Crippen molar-refractivity contribution in [2.75, 3.05) is 11.5 Å². The summed E-state index contributed by atoms with van der Waals surface area (Å²) >= 11 is 5.06. The third kappa shape index (κ3) is 3.91. The minimum absolute atomic E-state index is 0.168. The number of carbonyl (C=O) groups excluding carboxylic acids is 1. The maximum Gasteiger partial charge on any atom is 0.417 e. The summed E-state index contributed by atoms with van der Waals surface area (Å²) in [5.41, 5.74) is -3.07. The summed E-state index contributed by atoms with van der Waals surface area (Å²) in [6, 6.07) is 12.4. The van der Waals surface area contributed by atoms with E-state index in [1.54, 1.807) is 0 Å². The Morgan fingerprint density at radius 2 is 1.83 bits per heavy atom. The molecule has 30 heavy (non-hydrogen) atoms. The van der Waals surface area contributed by atoms with E-state index in [4.69, 9.17) is 32.2 Å². The Balaban J connectivity index is 1.85. The summed E-state index contributed by atoms with van der Waals surface area (Å²) in [6.45, 7) is 1.14. The predicted octanol–water partition coefficient (Wildman–Crippen LogP) is 3.93. The van der Waals surface area contributed by atoms with Crippen molar-refractivity contribution in [2.24, 2.45) is 0 Å². The molecule has 2 aromatic carbocycles. The van der Waals surface area contributed by atoms with Gasteiger partial charge in [0.25, 0.3) is 11.1 Å². The molecule has 152 valence electrons. The Hall–Kier alpha value is -3.63. The number of carbonyl (C=O) groups is 1. The van der Waals surface area contributed by atoms with E-state index in [1.807, 2.05) is 6.07 Å². The molecule has 6 nitrogen and oxygen atoms in total. The summed E-state index contributed by atoms with van der Waals surface area (Å²) in [6.07, 6.45) is -4.78. The fourth-order valence-corrected chi connectivity index (χ4v) is 3.14. The standard InChI is InChI=1S/C20H12F3N3O3S/c1-19(11-28-15-6-2-12(9-24)3-7-15)17(27)26(18(30)29-19)14-5-4-13(10-25)16(8-14)20(21,22)23/h2-8H,11H2,1H3. The summed E-state index contributed by atoms with van der Waals surface area (Å²) in [5.74, 6) is -0.340. The third-order valence-corrected chi connectivity index (χ3v) is 4.60. The van der Waals surface area contributed by atoms with Crippen LogP contribution in [-0.2, 0) is 15.7 Å². The van der Waals surface area contributed by atoms with Crippen LogP contribution in [0.25, 0.3) is 0 Å². The normalized spacial score (nSPS) is 18.5. The number of alkyl halides is 3. The Labute approximate surface area is 174 Å². The SMILES string of the molecule is CC1(COc2ccc(C#N)cc2)OC(=S)N(c2ccc(C#N)c(C(F)(F)F)c2)C1=O. The zero-order chi connectivity index (χ0) is 22.1. The molecule has 10 heteroatoms. The van der Waals surface area contributed by atoms with E-state index < -0.39 is 28.8 Å². The van der Waals surface area contributed by atoms with Gasteiger partial charge in [0.05, 0.1) is 34.5 Å². The highest BCUT2D eigenvalue weighted by molar-refractivity contribution is 7.80. The van der Waals surface area contributed by atoms with E-state index in [1.165, 1.54) is 43.3 Å². The van der Waals surface area contributed by atoms with Gasteiger partial charge in [0.2, 0.25) is 5.60 Å². The second kappa shape index (κ2) is 7.65. The van der Waals surface area contributed by atoms with Crippen LogP contribution in [0.3, 0.4) is 0 Å². The van der Waals surface area contributed by atoms with Crippen LogP contribution in [-0.4, -0.2) is 23.3 Å². The number of rotatable bonds is 4. The maximum atomic E-state index is 13.3. The van der Waals surface area contributed by atoms with Crippen LogP contribution in [0.2, 0.25) is 0 Å². The van der Waals surface area contributed by atoms with Gasteiger partial charge in [0.1, 0.15) is 12.4 Å². The largest absolute Gasteiger partial charge is 0.489 e. The molecule has 1 heterocycles. The molecule has 1 fully saturated rings. The Morgan fingerprint density at radius 1 is 1.17 bits per heavy atom. The van der Waals surface area contributed by atoms with Crippen LogP contribution >= 0.6 is 12.2 Å². The van der Waals surface area contributed by atoms with Gasteiger partial charge in [0, 0.05) is 0 Å². The molecule has 1 saturated heterocycles. The fourth-order valence-electron chi connectivity index (χ4n) is 2.77. The van der Waals surface area contributed by atoms with Crippen LogP contribution in [0, 0.1) is 22.7 Å². The van der Waals surface area contributed by atoms with Crippen molar-refractivity contribution in [3.8, 4) is 17.9 Å². The maximum absolute atomic E-state index is 13.3. The number of amides is 1. The Bertz CT molecular complexity index is 1100. The Morgan fingerprint density at radius 3 is 2.40 bits per heavy atom. The molecule has 0 radical (unpaired) electrons. The number of thiocarbonyl (C=S) groups is 1. The molecule has 1 atom stereocenters. The second-order valence-electron chi connectivity index (χ2n) is 6.50. The first kappa shape index (κ1) is 21.1. The number of hydrogen-bond acceptors (Lipinski definition) is 6. The number of nitrogens with zero attached hydrogens (tertiary/aromatic N) is 3. The van der Waals surface area contributed by atoms with Crippen LogP contribution in [0.1, 0.15) is 23.6 Å². The van der Waals surface area contributed by atoms with Crippen molar-refractivity contribution < 1.29 is 27.4 Å². The predicted molar refractivity (Wildman–Crippen MR) is 102 cm³/mol. The number of benzene rings is 2. The van der Waals surface area contributed by atoms with Gasteiger partial charge in [-0.1, -0.05) is 0 Å². The molecule has 1 unspecified atom stereocenters. The zero-order valence-electron chi connectivity index (χ0n) is 15.4. The Kier molecular flexibility index (Phi) is 5.38. The first-order valence-electron chi connectivity index (χ1n) is 8.41. The summed E-state index contributed by atoms with van der Waals surface area (Å²) in [5, 5.41) is 17.4. The van der Waals surface area contributed by atoms with Crippen LogP contribution in [0.4, 0.5) is 18.9 Å². The molecular weight excluding hydrogens is 419 g/mol. The number of halogens is 3. The van der Waals surface area contributed by atoms with Gasteiger partial charge in [-0.25, -0.2) is 4.90 Å². The lowest BCUT2D eigenvalue weighted by Crippen LogP contribution is -2.43. The van der Waals surface area contributed by atoms with Crippen molar-refractivity contribution in [3.05, 3.63) is 59.2 Å². The topological polar surface area (TPSA) is 86.3 Å². The van der Waals surface area contributed by atoms with Gasteiger partial charge in [-0.2, -0.15) is 23.7 Å². The van der Waals surface area contributed by atoms with Crippen molar-refractivity contribution in [1.82, 2.24) is 0 Å². The minimum atomic E-state index is -4.78. The highest BCUT2D eigenvalue weighted by atomic mass is 32.1. The summed E-state index contributed by atoms with van der Waals surface area (Å²) in [7, 11) is 0. The molecule has 1 amide bonds. The van der Waals surface area contributed by atoms with E-state index >= 15 is 0 Å². The zero-order valence-corrected chi connectivity index (χ0v) is 16.2. The molecule has 0 aromatic heterocycles. The molecule has 0 spiro atoms. The molecule has 2 aromatic rings. The number of nitriles is 2. The van der Waals surface area contributed by atoms with Gasteiger partial charge >= 0.3 is 6.18 Å². The highest BCUT2D eigenvalue weighted by Gasteiger charge is 2.50. The van der Waals surface area contributed by atoms with Crippen LogP contribution < -0.4 is 9.64 Å². The quantitative estimate of drug-likeness (QED) is 0.682. The van der Waals surface area contributed by atoms with Crippen LogP contribution in [0.15, 0.2) is 42.5 Å². The van der Waals surface area contributed by atoms with Gasteiger partial charge in [0.15, 0.2) is 0 Å². The van der Waals surface area contributed by atoms with Crippen molar-refractivity contribution in [2.45, 2.75) is 18.7 Å². The monoisotopic (exact) mass is 431 g/mol. The molecule has 0 bridgehead atoms. The molecule has 1 aliphatic rings. The second-order valence-corrected chi connectivity index (χ2v) is 6.85. The van der Waals surface area contributed by atoms with E-state index in [9.17, 15) is 18.0 Å².